The van der Waals surface area contributed by atoms with Gasteiger partial charge in [-0.15, -0.1) is 0 Å². The van der Waals surface area contributed by atoms with Gasteiger partial charge in [-0.3, -0.25) is 0 Å². The van der Waals surface area contributed by atoms with Crippen molar-refractivity contribution in [3.63, 3.8) is 0 Å². The molecule has 0 fully saturated rings. The van der Waals surface area contributed by atoms with Crippen molar-refractivity contribution in [2.45, 2.75) is 46.1 Å². The van der Waals surface area contributed by atoms with E-state index in [2.05, 4.69) is 0 Å². The standard InChI is InChI=1S/C14H24O7/c1-4-7-19-11(13(17)18)10(12(15)16)14(20-8-5-2)21-9-6-3/h11H,4-9H2,1-3H3,(H,15,16)(H,17,18). The van der Waals surface area contributed by atoms with E-state index in [0.29, 0.717) is 19.3 Å². The lowest BCUT2D eigenvalue weighted by molar-refractivity contribution is -0.152. The molecule has 0 aromatic heterocycles. The fraction of sp³-hybridized carbons (Fsp3) is 0.714. The van der Waals surface area contributed by atoms with Crippen molar-refractivity contribution >= 4 is 11.9 Å². The third-order valence-corrected chi connectivity index (χ3v) is 2.30. The second-order valence-electron chi connectivity index (χ2n) is 4.29. The van der Waals surface area contributed by atoms with Crippen molar-refractivity contribution in [1.82, 2.24) is 0 Å². The SMILES string of the molecule is CCCOC(OCCC)=C(C(=O)O)C(OCCC)C(=O)O. The van der Waals surface area contributed by atoms with Crippen LogP contribution in [0.4, 0.5) is 0 Å². The molecule has 0 aliphatic heterocycles. The number of ether oxygens (including phenoxy) is 3. The summed E-state index contributed by atoms with van der Waals surface area (Å²) in [7, 11) is 0. The van der Waals surface area contributed by atoms with Gasteiger partial charge < -0.3 is 24.4 Å². The summed E-state index contributed by atoms with van der Waals surface area (Å²) in [6.45, 7) is 6.08. The quantitative estimate of drug-likeness (QED) is 0.420. The lowest BCUT2D eigenvalue weighted by Gasteiger charge is -2.18. The first kappa shape index (κ1) is 19.2. The minimum Gasteiger partial charge on any atom is -0.479 e. The van der Waals surface area contributed by atoms with Gasteiger partial charge in [-0.1, -0.05) is 20.8 Å². The molecule has 0 rings (SSSR count). The molecule has 0 heterocycles. The van der Waals surface area contributed by atoms with Crippen molar-refractivity contribution in [2.24, 2.45) is 0 Å². The molecule has 0 aliphatic carbocycles. The molecule has 7 heteroatoms. The Labute approximate surface area is 124 Å². The molecule has 0 saturated heterocycles. The van der Waals surface area contributed by atoms with Crippen LogP contribution in [0.5, 0.6) is 0 Å². The lowest BCUT2D eigenvalue weighted by atomic mass is 10.1. The smallest absolute Gasteiger partial charge is 0.342 e. The van der Waals surface area contributed by atoms with Crippen molar-refractivity contribution in [3.05, 3.63) is 11.5 Å². The van der Waals surface area contributed by atoms with Gasteiger partial charge in [0.2, 0.25) is 0 Å². The molecule has 0 amide bonds. The summed E-state index contributed by atoms with van der Waals surface area (Å²) in [5.74, 6) is -3.10. The summed E-state index contributed by atoms with van der Waals surface area (Å²) in [6.07, 6.45) is 0.224. The van der Waals surface area contributed by atoms with Gasteiger partial charge in [0, 0.05) is 6.61 Å². The fourth-order valence-electron chi connectivity index (χ4n) is 1.41. The molecule has 0 aliphatic rings. The summed E-state index contributed by atoms with van der Waals surface area (Å²) < 4.78 is 15.6. The number of aliphatic carboxylic acids is 2. The third-order valence-electron chi connectivity index (χ3n) is 2.30. The van der Waals surface area contributed by atoms with Crippen LogP contribution >= 0.6 is 0 Å². The largest absolute Gasteiger partial charge is 0.479 e. The first-order valence-electron chi connectivity index (χ1n) is 7.06. The maximum atomic E-state index is 11.4. The van der Waals surface area contributed by atoms with E-state index in [4.69, 9.17) is 14.2 Å². The summed E-state index contributed by atoms with van der Waals surface area (Å²) >= 11 is 0. The van der Waals surface area contributed by atoms with Crippen LogP contribution in [0.3, 0.4) is 0 Å². The minimum absolute atomic E-state index is 0.128. The van der Waals surface area contributed by atoms with Gasteiger partial charge in [0.1, 0.15) is 0 Å². The molecule has 1 atom stereocenters. The van der Waals surface area contributed by atoms with E-state index >= 15 is 0 Å². The Morgan fingerprint density at radius 3 is 1.71 bits per heavy atom. The molecule has 2 N–H and O–H groups in total. The number of hydrogen-bond acceptors (Lipinski definition) is 5. The normalized spacial score (nSPS) is 11.6. The number of carbonyl (C=O) groups is 2. The topological polar surface area (TPSA) is 102 Å². The van der Waals surface area contributed by atoms with Crippen LogP contribution in [0.1, 0.15) is 40.0 Å². The summed E-state index contributed by atoms with van der Waals surface area (Å²) in [4.78, 5) is 22.7. The third kappa shape index (κ3) is 6.99. The van der Waals surface area contributed by atoms with E-state index in [1.807, 2.05) is 13.8 Å². The number of carboxylic acids is 2. The van der Waals surface area contributed by atoms with E-state index in [0.717, 1.165) is 0 Å². The molecule has 21 heavy (non-hydrogen) atoms. The van der Waals surface area contributed by atoms with Crippen molar-refractivity contribution in [1.29, 1.82) is 0 Å². The van der Waals surface area contributed by atoms with Gasteiger partial charge in [0.15, 0.2) is 11.7 Å². The van der Waals surface area contributed by atoms with Crippen LogP contribution in [0, 0.1) is 0 Å². The maximum absolute atomic E-state index is 11.4. The lowest BCUT2D eigenvalue weighted by Crippen LogP contribution is -2.32. The van der Waals surface area contributed by atoms with Gasteiger partial charge in [-0.2, -0.15) is 0 Å². The van der Waals surface area contributed by atoms with Crippen LogP contribution in [-0.2, 0) is 23.8 Å². The summed E-state index contributed by atoms with van der Waals surface area (Å²) in [6, 6.07) is 0. The molecule has 0 radical (unpaired) electrons. The zero-order valence-electron chi connectivity index (χ0n) is 12.8. The predicted octanol–water partition coefficient (Wildman–Crippen LogP) is 2.02. The van der Waals surface area contributed by atoms with E-state index in [1.54, 1.807) is 6.92 Å². The summed E-state index contributed by atoms with van der Waals surface area (Å²) in [5.41, 5.74) is -0.516. The average Bonchev–Trinajstić information content (AvgIpc) is 2.44. The van der Waals surface area contributed by atoms with Gasteiger partial charge in [0.25, 0.3) is 5.95 Å². The van der Waals surface area contributed by atoms with Gasteiger partial charge >= 0.3 is 11.9 Å². The molecule has 122 valence electrons. The molecule has 0 aromatic carbocycles. The Hall–Kier alpha value is -1.76. The summed E-state index contributed by atoms with van der Waals surface area (Å²) in [5, 5.41) is 18.5. The van der Waals surface area contributed by atoms with Gasteiger partial charge in [-0.25, -0.2) is 9.59 Å². The zero-order valence-corrected chi connectivity index (χ0v) is 12.8. The van der Waals surface area contributed by atoms with E-state index < -0.39 is 23.6 Å². The molecule has 0 saturated carbocycles. The molecule has 7 nitrogen and oxygen atoms in total. The van der Waals surface area contributed by atoms with Crippen molar-refractivity contribution in [2.75, 3.05) is 19.8 Å². The molecule has 0 aromatic rings. The predicted molar refractivity (Wildman–Crippen MR) is 74.8 cm³/mol. The van der Waals surface area contributed by atoms with E-state index in [1.165, 1.54) is 0 Å². The van der Waals surface area contributed by atoms with Crippen LogP contribution in [0.15, 0.2) is 11.5 Å². The van der Waals surface area contributed by atoms with E-state index in [-0.39, 0.29) is 25.8 Å². The van der Waals surface area contributed by atoms with Crippen molar-refractivity contribution in [3.8, 4) is 0 Å². The highest BCUT2D eigenvalue weighted by Gasteiger charge is 2.34. The Morgan fingerprint density at radius 1 is 0.905 bits per heavy atom. The second kappa shape index (κ2) is 11.0. The highest BCUT2D eigenvalue weighted by atomic mass is 16.7. The van der Waals surface area contributed by atoms with Crippen LogP contribution in [-0.4, -0.2) is 48.1 Å². The molecular formula is C14H24O7. The van der Waals surface area contributed by atoms with Crippen LogP contribution in [0.25, 0.3) is 0 Å². The average molecular weight is 304 g/mol. The Balaban J connectivity index is 5.49. The Bertz CT molecular complexity index is 352. The van der Waals surface area contributed by atoms with E-state index in [9.17, 15) is 19.8 Å². The first-order valence-corrected chi connectivity index (χ1v) is 7.06. The highest BCUT2D eigenvalue weighted by Crippen LogP contribution is 2.17. The van der Waals surface area contributed by atoms with Gasteiger partial charge in [-0.05, 0) is 19.3 Å². The Morgan fingerprint density at radius 2 is 1.38 bits per heavy atom. The number of hydrogen-bond donors (Lipinski definition) is 2. The van der Waals surface area contributed by atoms with Crippen LogP contribution < -0.4 is 0 Å². The first-order chi connectivity index (χ1) is 9.99. The fourth-order valence-corrected chi connectivity index (χ4v) is 1.41. The Kier molecular flexibility index (Phi) is 10.0. The number of rotatable bonds is 12. The number of carboxylic acid groups (broad SMARTS) is 2. The highest BCUT2D eigenvalue weighted by molar-refractivity contribution is 5.95. The van der Waals surface area contributed by atoms with Gasteiger partial charge in [0.05, 0.1) is 13.2 Å². The monoisotopic (exact) mass is 304 g/mol. The molecular weight excluding hydrogens is 280 g/mol. The second-order valence-corrected chi connectivity index (χ2v) is 4.29. The molecule has 1 unspecified atom stereocenters. The molecule has 0 spiro atoms. The maximum Gasteiger partial charge on any atom is 0.342 e. The molecule has 0 bridgehead atoms. The zero-order chi connectivity index (χ0) is 16.3. The van der Waals surface area contributed by atoms with Crippen molar-refractivity contribution < 1.29 is 34.0 Å². The minimum atomic E-state index is -1.62. The van der Waals surface area contributed by atoms with Crippen LogP contribution in [0.2, 0.25) is 0 Å².